The van der Waals surface area contributed by atoms with Crippen LogP contribution in [0.5, 0.6) is 0 Å². The predicted octanol–water partition coefficient (Wildman–Crippen LogP) is 1.75. The van der Waals surface area contributed by atoms with E-state index in [0.717, 1.165) is 12.8 Å². The van der Waals surface area contributed by atoms with E-state index in [1.165, 1.54) is 0 Å². The van der Waals surface area contributed by atoms with E-state index in [2.05, 4.69) is 12.2 Å². The first kappa shape index (κ1) is 14.4. The summed E-state index contributed by atoms with van der Waals surface area (Å²) in [6.45, 7) is 2.76. The van der Waals surface area contributed by atoms with E-state index in [0.29, 0.717) is 24.6 Å². The van der Waals surface area contributed by atoms with Gasteiger partial charge in [-0.25, -0.2) is 0 Å². The fourth-order valence-electron chi connectivity index (χ4n) is 2.22. The van der Waals surface area contributed by atoms with Gasteiger partial charge in [0.1, 0.15) is 0 Å². The van der Waals surface area contributed by atoms with Crippen LogP contribution in [0.2, 0.25) is 0 Å². The summed E-state index contributed by atoms with van der Waals surface area (Å²) < 4.78 is 0. The Morgan fingerprint density at radius 2 is 2.06 bits per heavy atom. The Labute approximate surface area is 107 Å². The van der Waals surface area contributed by atoms with Crippen molar-refractivity contribution in [1.29, 1.82) is 0 Å². The highest BCUT2D eigenvalue weighted by molar-refractivity contribution is 7.99. The van der Waals surface area contributed by atoms with Crippen molar-refractivity contribution in [1.82, 2.24) is 5.32 Å². The van der Waals surface area contributed by atoms with Crippen LogP contribution in [-0.2, 0) is 9.59 Å². The summed E-state index contributed by atoms with van der Waals surface area (Å²) in [5, 5.41) is 12.4. The van der Waals surface area contributed by atoms with Gasteiger partial charge in [-0.05, 0) is 25.5 Å². The third kappa shape index (κ3) is 4.22. The Bertz CT molecular complexity index is 283. The standard InChI is InChI=1S/C12H21NO3S/c1-8(17-2)6-7-13-11(14)9-4-3-5-10(9)12(15)16/h8-10H,3-7H2,1-2H3,(H,13,14)(H,15,16)/t8?,9-,10+/m1/s1. The number of rotatable bonds is 6. The van der Waals surface area contributed by atoms with Crippen molar-refractivity contribution in [3.8, 4) is 0 Å². The SMILES string of the molecule is CSC(C)CCNC(=O)[C@@H]1CCC[C@@H]1C(=O)O. The van der Waals surface area contributed by atoms with E-state index in [-0.39, 0.29) is 11.8 Å². The predicted molar refractivity (Wildman–Crippen MR) is 69.1 cm³/mol. The molecule has 1 rings (SSSR count). The molecule has 0 aromatic rings. The first-order valence-corrected chi connectivity index (χ1v) is 7.38. The molecule has 1 saturated carbocycles. The molecule has 4 nitrogen and oxygen atoms in total. The van der Waals surface area contributed by atoms with Crippen molar-refractivity contribution in [2.24, 2.45) is 11.8 Å². The number of nitrogens with one attached hydrogen (secondary N) is 1. The largest absolute Gasteiger partial charge is 0.481 e. The lowest BCUT2D eigenvalue weighted by Gasteiger charge is -2.16. The number of thioether (sulfide) groups is 1. The van der Waals surface area contributed by atoms with Crippen molar-refractivity contribution >= 4 is 23.6 Å². The monoisotopic (exact) mass is 259 g/mol. The van der Waals surface area contributed by atoms with Gasteiger partial charge in [0, 0.05) is 11.8 Å². The summed E-state index contributed by atoms with van der Waals surface area (Å²) in [6.07, 6.45) is 5.16. The van der Waals surface area contributed by atoms with Crippen LogP contribution in [0.4, 0.5) is 0 Å². The highest BCUT2D eigenvalue weighted by Gasteiger charge is 2.37. The molecule has 0 aliphatic heterocycles. The van der Waals surface area contributed by atoms with Crippen LogP contribution in [0.3, 0.4) is 0 Å². The summed E-state index contributed by atoms with van der Waals surface area (Å²) in [5.74, 6) is -1.71. The fourth-order valence-corrected chi connectivity index (χ4v) is 2.57. The lowest BCUT2D eigenvalue weighted by atomic mass is 9.95. The maximum atomic E-state index is 11.8. The van der Waals surface area contributed by atoms with E-state index in [4.69, 9.17) is 5.11 Å². The number of carboxylic acids is 1. The maximum absolute atomic E-state index is 11.8. The summed E-state index contributed by atoms with van der Waals surface area (Å²) >= 11 is 1.77. The number of hydrogen-bond donors (Lipinski definition) is 2. The van der Waals surface area contributed by atoms with Crippen molar-refractivity contribution in [3.63, 3.8) is 0 Å². The zero-order valence-corrected chi connectivity index (χ0v) is 11.3. The molecule has 5 heteroatoms. The van der Waals surface area contributed by atoms with Crippen LogP contribution in [0.25, 0.3) is 0 Å². The number of aliphatic carboxylic acids is 1. The molecule has 1 amide bonds. The molecule has 0 bridgehead atoms. The van der Waals surface area contributed by atoms with Crippen molar-refractivity contribution in [2.45, 2.75) is 37.9 Å². The second kappa shape index (κ2) is 6.89. The van der Waals surface area contributed by atoms with Gasteiger partial charge in [0.25, 0.3) is 0 Å². The van der Waals surface area contributed by atoms with Crippen LogP contribution in [0.15, 0.2) is 0 Å². The van der Waals surface area contributed by atoms with Gasteiger partial charge >= 0.3 is 5.97 Å². The Hall–Kier alpha value is -0.710. The van der Waals surface area contributed by atoms with Gasteiger partial charge in [-0.2, -0.15) is 11.8 Å². The molecular formula is C12H21NO3S. The number of carboxylic acid groups (broad SMARTS) is 1. The van der Waals surface area contributed by atoms with Gasteiger partial charge in [-0.1, -0.05) is 13.3 Å². The zero-order chi connectivity index (χ0) is 12.8. The van der Waals surface area contributed by atoms with Crippen LogP contribution in [0.1, 0.15) is 32.6 Å². The zero-order valence-electron chi connectivity index (χ0n) is 10.4. The number of hydrogen-bond acceptors (Lipinski definition) is 3. The molecule has 1 unspecified atom stereocenters. The second-order valence-corrected chi connectivity index (χ2v) is 5.88. The summed E-state index contributed by atoms with van der Waals surface area (Å²) in [5.41, 5.74) is 0. The average Bonchev–Trinajstić information content (AvgIpc) is 2.77. The third-order valence-corrected chi connectivity index (χ3v) is 4.46. The fraction of sp³-hybridized carbons (Fsp3) is 0.833. The van der Waals surface area contributed by atoms with Crippen LogP contribution < -0.4 is 5.32 Å². The highest BCUT2D eigenvalue weighted by atomic mass is 32.2. The Balaban J connectivity index is 2.34. The number of amides is 1. The van der Waals surface area contributed by atoms with E-state index in [1.807, 2.05) is 6.26 Å². The lowest BCUT2D eigenvalue weighted by Crippen LogP contribution is -2.36. The average molecular weight is 259 g/mol. The highest BCUT2D eigenvalue weighted by Crippen LogP contribution is 2.31. The van der Waals surface area contributed by atoms with Crippen molar-refractivity contribution < 1.29 is 14.7 Å². The van der Waals surface area contributed by atoms with Gasteiger partial charge in [0.2, 0.25) is 5.91 Å². The molecule has 1 fully saturated rings. The maximum Gasteiger partial charge on any atom is 0.307 e. The van der Waals surface area contributed by atoms with E-state index >= 15 is 0 Å². The summed E-state index contributed by atoms with van der Waals surface area (Å²) in [6, 6.07) is 0. The molecular weight excluding hydrogens is 238 g/mol. The van der Waals surface area contributed by atoms with Gasteiger partial charge in [-0.3, -0.25) is 9.59 Å². The van der Waals surface area contributed by atoms with Crippen LogP contribution in [-0.4, -0.2) is 35.0 Å². The normalized spacial score (nSPS) is 25.5. The minimum absolute atomic E-state index is 0.0804. The van der Waals surface area contributed by atoms with Gasteiger partial charge < -0.3 is 10.4 Å². The second-order valence-electron chi connectivity index (χ2n) is 4.61. The van der Waals surface area contributed by atoms with Crippen LogP contribution >= 0.6 is 11.8 Å². The van der Waals surface area contributed by atoms with E-state index in [1.54, 1.807) is 11.8 Å². The van der Waals surface area contributed by atoms with Gasteiger partial charge in [0.15, 0.2) is 0 Å². The third-order valence-electron chi connectivity index (χ3n) is 3.42. The molecule has 0 aromatic heterocycles. The van der Waals surface area contributed by atoms with E-state index in [9.17, 15) is 9.59 Å². The molecule has 1 aliphatic rings. The molecule has 0 radical (unpaired) electrons. The van der Waals surface area contributed by atoms with E-state index < -0.39 is 11.9 Å². The number of carbonyl (C=O) groups is 2. The molecule has 0 aromatic carbocycles. The minimum Gasteiger partial charge on any atom is -0.481 e. The number of carbonyl (C=O) groups excluding carboxylic acids is 1. The van der Waals surface area contributed by atoms with Gasteiger partial charge in [-0.15, -0.1) is 0 Å². The lowest BCUT2D eigenvalue weighted by molar-refractivity contribution is -0.146. The smallest absolute Gasteiger partial charge is 0.307 e. The van der Waals surface area contributed by atoms with Crippen LogP contribution in [0, 0.1) is 11.8 Å². The molecule has 3 atom stereocenters. The summed E-state index contributed by atoms with van der Waals surface area (Å²) in [7, 11) is 0. The minimum atomic E-state index is -0.833. The summed E-state index contributed by atoms with van der Waals surface area (Å²) in [4.78, 5) is 22.8. The van der Waals surface area contributed by atoms with Crippen molar-refractivity contribution in [2.75, 3.05) is 12.8 Å². The molecule has 0 heterocycles. The topological polar surface area (TPSA) is 66.4 Å². The first-order chi connectivity index (χ1) is 8.06. The van der Waals surface area contributed by atoms with Crippen molar-refractivity contribution in [3.05, 3.63) is 0 Å². The Morgan fingerprint density at radius 3 is 2.65 bits per heavy atom. The molecule has 0 spiro atoms. The molecule has 17 heavy (non-hydrogen) atoms. The quantitative estimate of drug-likeness (QED) is 0.762. The Morgan fingerprint density at radius 1 is 1.41 bits per heavy atom. The first-order valence-electron chi connectivity index (χ1n) is 6.09. The molecule has 2 N–H and O–H groups in total. The Kier molecular flexibility index (Phi) is 5.82. The molecule has 98 valence electrons. The van der Waals surface area contributed by atoms with Gasteiger partial charge in [0.05, 0.1) is 11.8 Å². The molecule has 1 aliphatic carbocycles. The molecule has 0 saturated heterocycles.